The van der Waals surface area contributed by atoms with Crippen LogP contribution in [0, 0.1) is 62.3 Å². The molecule has 3 aliphatic heterocycles. The van der Waals surface area contributed by atoms with Crippen LogP contribution in [0.15, 0.2) is 319 Å². The van der Waals surface area contributed by atoms with Crippen LogP contribution in [0.5, 0.6) is 34.5 Å². The van der Waals surface area contributed by atoms with Gasteiger partial charge in [0.15, 0.2) is 17.2 Å². The summed E-state index contributed by atoms with van der Waals surface area (Å²) in [5.74, 6) is 2.43. The molecule has 0 bridgehead atoms. The number of allylic oxidation sites excluding steroid dienone is 27. The zero-order chi connectivity index (χ0) is 91.3. The van der Waals surface area contributed by atoms with Gasteiger partial charge < -0.3 is 92.8 Å². The second-order valence-corrected chi connectivity index (χ2v) is 34.0. The number of ether oxygens (including phenoxy) is 6. The molecule has 0 aromatic heterocycles. The van der Waals surface area contributed by atoms with Crippen molar-refractivity contribution in [3.8, 4) is 34.5 Å². The minimum Gasteiger partial charge on any atom is -0.504 e. The van der Waals surface area contributed by atoms with E-state index < -0.39 is 50.1 Å². The summed E-state index contributed by atoms with van der Waals surface area (Å²) in [6.45, 7) is 13.5. The zero-order valence-electron chi connectivity index (χ0n) is 82.2. The zero-order valence-corrected chi connectivity index (χ0v) is 85.5. The number of anilines is 3. The van der Waals surface area contributed by atoms with Gasteiger partial charge in [-0.1, -0.05) is 264 Å². The third-order valence-corrected chi connectivity index (χ3v) is 25.2. The van der Waals surface area contributed by atoms with Crippen molar-refractivity contribution in [3.05, 3.63) is 430 Å². The summed E-state index contributed by atoms with van der Waals surface area (Å²) in [5, 5.41) is 10.1. The van der Waals surface area contributed by atoms with Crippen molar-refractivity contribution in [3.63, 3.8) is 0 Å². The van der Waals surface area contributed by atoms with Crippen LogP contribution in [0.1, 0.15) is 177 Å². The third kappa shape index (κ3) is 30.7. The van der Waals surface area contributed by atoms with Crippen LogP contribution in [0.25, 0.3) is 18.2 Å². The predicted octanol–water partition coefficient (Wildman–Crippen LogP) is 25.3. The molecule has 0 radical (unpaired) electrons. The van der Waals surface area contributed by atoms with Gasteiger partial charge in [0.1, 0.15) is 30.5 Å². The molecule has 0 fully saturated rings. The molecule has 138 heavy (non-hydrogen) atoms. The number of fused-ring (bicyclic) bond motifs is 3. The van der Waals surface area contributed by atoms with Gasteiger partial charge >= 0.3 is 57.6 Å². The average Bonchev–Trinajstić information content (AvgIpc) is 1.58. The van der Waals surface area contributed by atoms with Crippen LogP contribution in [-0.2, 0) is 72.2 Å². The quantitative estimate of drug-likeness (QED) is 0.0171. The van der Waals surface area contributed by atoms with Gasteiger partial charge in [-0.25, -0.2) is 0 Å². The summed E-state index contributed by atoms with van der Waals surface area (Å²) < 4.78 is 72.0. The Bertz CT molecular complexity index is 5750. The van der Waals surface area contributed by atoms with E-state index in [1.165, 1.54) is 30.4 Å². The second kappa shape index (κ2) is 58.7. The van der Waals surface area contributed by atoms with Gasteiger partial charge in [-0.2, -0.15) is 0 Å². The maximum absolute atomic E-state index is 13.1. The first kappa shape index (κ1) is 121. The Balaban J connectivity index is 0.000000477. The topological polar surface area (TPSA) is 188 Å². The summed E-state index contributed by atoms with van der Waals surface area (Å²) in [6.07, 6.45) is 67.6. The first-order valence-corrected chi connectivity index (χ1v) is 45.3. The summed E-state index contributed by atoms with van der Waals surface area (Å²) in [6, 6.07) is 40.6. The van der Waals surface area contributed by atoms with Crippen LogP contribution in [0.3, 0.4) is 0 Å². The van der Waals surface area contributed by atoms with E-state index in [-0.39, 0.29) is 141 Å². The Hall–Kier alpha value is -11.1. The molecular formula is C116H138F3Fe3N3O13. The van der Waals surface area contributed by atoms with Gasteiger partial charge in [0.25, 0.3) is 16.3 Å². The number of benzene rings is 5. The van der Waals surface area contributed by atoms with Crippen LogP contribution in [0.4, 0.5) is 30.2 Å². The van der Waals surface area contributed by atoms with Crippen molar-refractivity contribution < 1.29 is 97.9 Å². The molecule has 16 nitrogen and oxygen atoms in total. The van der Waals surface area contributed by atoms with Crippen LogP contribution >= 0.6 is 0 Å². The summed E-state index contributed by atoms with van der Waals surface area (Å²) in [7, 11) is 2.95. The number of halogens is 3. The van der Waals surface area contributed by atoms with Crippen molar-refractivity contribution in [2.45, 2.75) is 172 Å². The third-order valence-electron chi connectivity index (χ3n) is 25.2. The number of nitrogens with zero attached hydrogens (tertiary/aromatic N) is 3. The molecule has 6 aliphatic carbocycles. The Labute approximate surface area is 849 Å². The van der Waals surface area contributed by atoms with E-state index in [1.54, 1.807) is 25.3 Å². The number of para-hydroxylation sites is 4. The number of unbranched alkanes of at least 4 members (excludes halogenated alkanes) is 3. The minimum absolute atomic E-state index is 0. The number of hydrogen-bond donors (Lipinski definition) is 1. The molecule has 4 atom stereocenters. The van der Waals surface area contributed by atoms with Crippen molar-refractivity contribution >= 4 is 35.3 Å². The van der Waals surface area contributed by atoms with E-state index in [0.29, 0.717) is 81.2 Å². The Kier molecular flexibility index (Phi) is 51.6. The Morgan fingerprint density at radius 1 is 0.406 bits per heavy atom. The van der Waals surface area contributed by atoms with Gasteiger partial charge in [-0.05, 0) is 206 Å². The molecule has 8 aromatic carbocycles. The summed E-state index contributed by atoms with van der Waals surface area (Å²) in [5.41, 5.74) is 4.20. The van der Waals surface area contributed by atoms with Crippen molar-refractivity contribution in [1.82, 2.24) is 0 Å². The first-order valence-electron chi connectivity index (χ1n) is 45.3. The molecule has 0 saturated heterocycles. The molecule has 0 spiro atoms. The molecule has 0 amide bonds. The maximum Gasteiger partial charge on any atom is 2.00 e. The van der Waals surface area contributed by atoms with Gasteiger partial charge in [-0.15, -0.1) is 13.2 Å². The number of methoxy groups -OCH3 is 2. The molecule has 17 rings (SSSR count). The Morgan fingerprint density at radius 3 is 1.16 bits per heavy atom. The molecule has 9 aliphatic rings. The van der Waals surface area contributed by atoms with Crippen LogP contribution < -0.4 is 71.0 Å². The fourth-order valence-electron chi connectivity index (χ4n) is 17.9. The fraction of sp³-hybridized carbons (Fsp3) is 0.328. The van der Waals surface area contributed by atoms with Crippen molar-refractivity contribution in [1.29, 1.82) is 0 Å². The largest absolute Gasteiger partial charge is 2.00 e. The molecule has 1 N–H and O–H groups in total. The standard InChI is InChI=1S/C35H39NO4.C31H31NO4.C29H32F3NO5.3C5H6.6CH3.3Fe/c1-3-4-23-40-34-28(32(37)33(34)38)25-31-35(2,21-13-12-16-26-14-8-9-15-26)29-19-10-11-20-30(29)36(31)22-24-39-27-17-6-5-7-18-27;1-31(18-10-9-13-22-11-5-6-12-22)25-16-7-8-17-26(25)32(19-20-36-23-14-3-2-4-15-23)27(31)21-24-28(33)30(35)29(24)34;1-18(36-3)13-15-33-23-12-11-20(38-29(30,31)32)16-22(23)28(2,14-7-10-19-8-5-6-9-19)24(33)17-21-25(34)26(35)27(21)37-4;3*1-2-4-5-3-1;;;;;;;;;/h5-11,14-15,17-20,25-26H,3-4,12-13,16,21-24H2,1-2H3;2-8,11-12,14-17,21-22,33H,9-10,13,18-20H2,1H3;5-6,8-9,11-12,16-19H,7,10,13-15H2,1-4H3;3*1-4H,5H2;6*1H3;;;/q;;;;;;6*-1;3*+2/b31-25+;27-21+;24-17+;;;;;;;;;;;;. The second-order valence-electron chi connectivity index (χ2n) is 34.0. The fourth-order valence-corrected chi connectivity index (χ4v) is 17.9. The number of alkyl halides is 3. The van der Waals surface area contributed by atoms with Gasteiger partial charge in [0.05, 0.1) is 49.6 Å². The van der Waals surface area contributed by atoms with Gasteiger partial charge in [-0.3, -0.25) is 28.8 Å². The SMILES string of the molecule is C1=CCC=C1.C1=CCC=C1.C1=CCC=C1.CC1(CCCCC2C=CC=C2)/C(=C\c2c(O)c(=O)c2=O)N(CCOc2ccccc2)c2ccccc21.CCCCOc1c(/C=C2/N(CCOc3ccccc3)c3ccccc3C2(C)CCCCC2C=CC=C2)c(=O)c1=O.COc1c(/C=C2/N(CCC(C)OC)c3ccc(OC(F)(F)F)cc3C2(C)CCCC2C=CC=C2)c(=O)c1=O.[CH3-].[CH3-].[CH3-].[CH3-].[CH3-].[CH3-].[Fe+2].[Fe+2].[Fe+2]. The van der Waals surface area contributed by atoms with Crippen molar-refractivity contribution in [2.75, 3.05) is 68.4 Å². The van der Waals surface area contributed by atoms with E-state index in [0.717, 1.165) is 142 Å². The molecule has 22 heteroatoms. The smallest absolute Gasteiger partial charge is 0.504 e. The average molecular weight is 2010 g/mol. The van der Waals surface area contributed by atoms with Gasteiger partial charge in [0.2, 0.25) is 16.3 Å². The minimum atomic E-state index is -4.83. The Morgan fingerprint density at radius 2 is 0.768 bits per heavy atom. The molecule has 8 aromatic rings. The maximum atomic E-state index is 13.1. The van der Waals surface area contributed by atoms with E-state index in [1.807, 2.05) is 110 Å². The van der Waals surface area contributed by atoms with E-state index >= 15 is 0 Å². The van der Waals surface area contributed by atoms with Crippen molar-refractivity contribution in [2.24, 2.45) is 17.8 Å². The van der Waals surface area contributed by atoms with E-state index in [2.05, 4.69) is 205 Å². The molecule has 3 heterocycles. The number of hydrogen-bond acceptors (Lipinski definition) is 16. The van der Waals surface area contributed by atoms with Crippen LogP contribution in [-0.4, -0.2) is 71.2 Å². The number of aromatic hydroxyl groups is 1. The normalized spacial score (nSPS) is 18.5. The molecular weight excluding hydrogens is 1870 g/mol. The monoisotopic (exact) mass is 2010 g/mol. The first-order chi connectivity index (χ1) is 62.5. The molecule has 4 unspecified atom stereocenters. The summed E-state index contributed by atoms with van der Waals surface area (Å²) in [4.78, 5) is 80.3. The number of rotatable bonds is 35. The molecule has 0 saturated carbocycles. The van der Waals surface area contributed by atoms with E-state index in [4.69, 9.17) is 23.7 Å². The van der Waals surface area contributed by atoms with E-state index in [9.17, 15) is 47.0 Å². The molecule has 740 valence electrons. The summed E-state index contributed by atoms with van der Waals surface area (Å²) >= 11 is 0. The van der Waals surface area contributed by atoms with Crippen LogP contribution in [0.2, 0.25) is 0 Å². The predicted molar refractivity (Wildman–Crippen MR) is 555 cm³/mol. The van der Waals surface area contributed by atoms with Gasteiger partial charge in [0, 0.05) is 64.1 Å².